The van der Waals surface area contributed by atoms with Gasteiger partial charge in [0.2, 0.25) is 0 Å². The minimum atomic E-state index is -3.54. The van der Waals surface area contributed by atoms with Crippen molar-refractivity contribution in [2.45, 2.75) is 11.3 Å². The Kier molecular flexibility index (Phi) is 5.47. The first-order chi connectivity index (χ1) is 9.76. The molecule has 0 aliphatic carbocycles. The highest BCUT2D eigenvalue weighted by Gasteiger charge is 2.23. The number of nitrogens with zero attached hydrogens (tertiary/aromatic N) is 1. The van der Waals surface area contributed by atoms with Crippen molar-refractivity contribution < 1.29 is 22.7 Å². The molecule has 0 amide bonds. The van der Waals surface area contributed by atoms with Crippen LogP contribution in [0.3, 0.4) is 0 Å². The Hall–Kier alpha value is -1.91. The third kappa shape index (κ3) is 3.80. The van der Waals surface area contributed by atoms with E-state index in [4.69, 9.17) is 21.6 Å². The second-order valence-corrected chi connectivity index (χ2v) is 6.59. The van der Waals surface area contributed by atoms with Gasteiger partial charge in [-0.1, -0.05) is 17.7 Å². The molecule has 0 spiro atoms. The van der Waals surface area contributed by atoms with Crippen LogP contribution in [0.25, 0.3) is 0 Å². The molecule has 1 rings (SSSR count). The summed E-state index contributed by atoms with van der Waals surface area (Å²) < 4.78 is 28.2. The molecule has 0 bridgehead atoms. The number of ketones is 1. The molecule has 0 aliphatic heterocycles. The largest absolute Gasteiger partial charge is 0.494 e. The molecule has 1 aromatic rings. The number of rotatable bonds is 6. The molecular formula is C13H12ClNO5S. The lowest BCUT2D eigenvalue weighted by molar-refractivity contribution is -0.124. The predicted molar refractivity (Wildman–Crippen MR) is 75.0 cm³/mol. The highest BCUT2D eigenvalue weighted by atomic mass is 35.5. The monoisotopic (exact) mass is 329 g/mol. The summed E-state index contributed by atoms with van der Waals surface area (Å²) in [4.78, 5) is 22.2. The molecule has 1 atom stereocenters. The Morgan fingerprint density at radius 2 is 2.14 bits per heavy atom. The summed E-state index contributed by atoms with van der Waals surface area (Å²) in [5, 5.41) is 8.63. The van der Waals surface area contributed by atoms with Gasteiger partial charge in [0.15, 0.2) is 27.3 Å². The topological polar surface area (TPSA) is 101 Å². The van der Waals surface area contributed by atoms with E-state index in [1.165, 1.54) is 19.2 Å². The zero-order chi connectivity index (χ0) is 16.2. The lowest BCUT2D eigenvalue weighted by atomic mass is 10.00. The molecule has 1 unspecified atom stereocenters. The van der Waals surface area contributed by atoms with Gasteiger partial charge < -0.3 is 9.53 Å². The summed E-state index contributed by atoms with van der Waals surface area (Å²) >= 11 is 6.04. The molecular weight excluding hydrogens is 318 g/mol. The summed E-state index contributed by atoms with van der Waals surface area (Å²) in [5.41, 5.74) is 0.285. The van der Waals surface area contributed by atoms with Crippen molar-refractivity contribution in [3.63, 3.8) is 0 Å². The van der Waals surface area contributed by atoms with Crippen molar-refractivity contribution >= 4 is 33.5 Å². The van der Waals surface area contributed by atoms with Gasteiger partial charge in [0, 0.05) is 12.7 Å². The van der Waals surface area contributed by atoms with Crippen molar-refractivity contribution in [3.05, 3.63) is 22.7 Å². The van der Waals surface area contributed by atoms with Crippen LogP contribution in [0.5, 0.6) is 5.75 Å². The Morgan fingerprint density at radius 3 is 2.57 bits per heavy atom. The molecule has 0 saturated heterocycles. The number of nitriles is 1. The first-order valence-electron chi connectivity index (χ1n) is 5.69. The van der Waals surface area contributed by atoms with Gasteiger partial charge in [-0.05, 0) is 11.6 Å². The minimum absolute atomic E-state index is 0.0311. The van der Waals surface area contributed by atoms with E-state index in [-0.39, 0.29) is 33.9 Å². The van der Waals surface area contributed by atoms with Crippen molar-refractivity contribution in [2.24, 2.45) is 5.92 Å². The van der Waals surface area contributed by atoms with Gasteiger partial charge >= 0.3 is 0 Å². The number of carbonyl (C=O) groups excluding carboxylic acids is 2. The fourth-order valence-corrected chi connectivity index (χ4v) is 2.88. The van der Waals surface area contributed by atoms with E-state index in [1.807, 2.05) is 0 Å². The lowest BCUT2D eigenvalue weighted by Crippen LogP contribution is -2.17. The van der Waals surface area contributed by atoms with Crippen molar-refractivity contribution in [3.8, 4) is 11.8 Å². The van der Waals surface area contributed by atoms with Crippen LogP contribution in [-0.4, -0.2) is 33.9 Å². The average Bonchev–Trinajstić information content (AvgIpc) is 2.40. The number of aldehydes is 1. The van der Waals surface area contributed by atoms with Crippen LogP contribution in [0.4, 0.5) is 0 Å². The summed E-state index contributed by atoms with van der Waals surface area (Å²) in [6.45, 7) is 0. The summed E-state index contributed by atoms with van der Waals surface area (Å²) in [6, 6.07) is 4.20. The van der Waals surface area contributed by atoms with Crippen LogP contribution in [0.2, 0.25) is 5.02 Å². The zero-order valence-electron chi connectivity index (χ0n) is 11.3. The molecule has 0 N–H and O–H groups in total. The maximum atomic E-state index is 11.7. The van der Waals surface area contributed by atoms with Gasteiger partial charge in [-0.2, -0.15) is 5.26 Å². The Bertz CT molecular complexity index is 721. The molecule has 0 radical (unpaired) electrons. The zero-order valence-corrected chi connectivity index (χ0v) is 12.9. The second-order valence-electron chi connectivity index (χ2n) is 4.23. The van der Waals surface area contributed by atoms with E-state index in [2.05, 4.69) is 0 Å². The highest BCUT2D eigenvalue weighted by Crippen LogP contribution is 2.35. The number of benzene rings is 1. The molecule has 0 aromatic heterocycles. The average molecular weight is 330 g/mol. The molecule has 0 aliphatic rings. The number of ether oxygens (including phenoxy) is 1. The predicted octanol–water partition coefficient (Wildman–Crippen LogP) is 1.20. The van der Waals surface area contributed by atoms with E-state index >= 15 is 0 Å². The number of hydrogen-bond donors (Lipinski definition) is 0. The van der Waals surface area contributed by atoms with E-state index < -0.39 is 21.5 Å². The smallest absolute Gasteiger partial charge is 0.179 e. The van der Waals surface area contributed by atoms with Crippen LogP contribution >= 0.6 is 11.6 Å². The number of hydrogen-bond acceptors (Lipinski definition) is 6. The van der Waals surface area contributed by atoms with Crippen LogP contribution in [0, 0.1) is 17.2 Å². The Balaban J connectivity index is 3.27. The number of halogens is 1. The van der Waals surface area contributed by atoms with Crippen LogP contribution in [0.1, 0.15) is 5.56 Å². The van der Waals surface area contributed by atoms with Gasteiger partial charge in [0.25, 0.3) is 0 Å². The first kappa shape index (κ1) is 17.1. The SMILES string of the molecule is COc1c(S(C)(=O)=O)ccc(CC(=O)C(C#N)C=O)c1Cl. The number of carbonyl (C=O) groups is 2. The summed E-state index contributed by atoms with van der Waals surface area (Å²) in [5.74, 6) is -2.06. The number of methoxy groups -OCH3 is 1. The molecule has 21 heavy (non-hydrogen) atoms. The summed E-state index contributed by atoms with van der Waals surface area (Å²) in [6.07, 6.45) is 0.985. The maximum Gasteiger partial charge on any atom is 0.179 e. The van der Waals surface area contributed by atoms with Crippen LogP contribution in [-0.2, 0) is 25.8 Å². The normalized spacial score (nSPS) is 12.3. The highest BCUT2D eigenvalue weighted by molar-refractivity contribution is 7.90. The van der Waals surface area contributed by atoms with E-state index in [0.29, 0.717) is 0 Å². The second kappa shape index (κ2) is 6.70. The third-order valence-electron chi connectivity index (χ3n) is 2.73. The maximum absolute atomic E-state index is 11.7. The molecule has 1 aromatic carbocycles. The van der Waals surface area contributed by atoms with Crippen molar-refractivity contribution in [1.82, 2.24) is 0 Å². The molecule has 0 saturated carbocycles. The van der Waals surface area contributed by atoms with Crippen molar-refractivity contribution in [2.75, 3.05) is 13.4 Å². The molecule has 0 heterocycles. The van der Waals surface area contributed by atoms with Crippen LogP contribution < -0.4 is 4.74 Å². The van der Waals surface area contributed by atoms with Gasteiger partial charge in [0.05, 0.1) is 18.2 Å². The quantitative estimate of drug-likeness (QED) is 0.574. The van der Waals surface area contributed by atoms with Crippen molar-refractivity contribution in [1.29, 1.82) is 5.26 Å². The first-order valence-corrected chi connectivity index (χ1v) is 7.96. The van der Waals surface area contributed by atoms with Gasteiger partial charge in [-0.15, -0.1) is 0 Å². The fourth-order valence-electron chi connectivity index (χ4n) is 1.67. The molecule has 8 heteroatoms. The Morgan fingerprint density at radius 1 is 1.52 bits per heavy atom. The number of Topliss-reactive ketones (excluding diaryl/α,β-unsaturated/α-hetero) is 1. The van der Waals surface area contributed by atoms with Gasteiger partial charge in [-0.25, -0.2) is 8.42 Å². The van der Waals surface area contributed by atoms with Gasteiger partial charge in [0.1, 0.15) is 11.2 Å². The number of sulfone groups is 1. The third-order valence-corrected chi connectivity index (χ3v) is 4.27. The lowest BCUT2D eigenvalue weighted by Gasteiger charge is -2.12. The van der Waals surface area contributed by atoms with E-state index in [1.54, 1.807) is 6.07 Å². The summed E-state index contributed by atoms with van der Waals surface area (Å²) in [7, 11) is -2.29. The van der Waals surface area contributed by atoms with E-state index in [9.17, 15) is 18.0 Å². The standard InChI is InChI=1S/C13H12ClNO5S/c1-20-13-11(21(2,18)19)4-3-8(12(13)14)5-10(17)9(6-15)7-16/h3-4,7,9H,5H2,1-2H3. The fraction of sp³-hybridized carbons (Fsp3) is 0.308. The molecule has 112 valence electrons. The minimum Gasteiger partial charge on any atom is -0.494 e. The molecule has 6 nitrogen and oxygen atoms in total. The van der Waals surface area contributed by atoms with Crippen LogP contribution in [0.15, 0.2) is 17.0 Å². The van der Waals surface area contributed by atoms with Gasteiger partial charge in [-0.3, -0.25) is 4.79 Å². The van der Waals surface area contributed by atoms with E-state index in [0.717, 1.165) is 6.26 Å². The molecule has 0 fully saturated rings. The Labute approximate surface area is 127 Å².